The van der Waals surface area contributed by atoms with Crippen molar-refractivity contribution < 1.29 is 4.74 Å². The predicted molar refractivity (Wildman–Crippen MR) is 105 cm³/mol. The van der Waals surface area contributed by atoms with E-state index in [9.17, 15) is 0 Å². The molecule has 3 aromatic rings. The Morgan fingerprint density at radius 3 is 2.84 bits per heavy atom. The van der Waals surface area contributed by atoms with Gasteiger partial charge in [0.25, 0.3) is 0 Å². The van der Waals surface area contributed by atoms with E-state index in [-0.39, 0.29) is 18.4 Å². The van der Waals surface area contributed by atoms with E-state index >= 15 is 0 Å². The molecule has 0 amide bonds. The summed E-state index contributed by atoms with van der Waals surface area (Å²) in [6.07, 6.45) is 1.02. The van der Waals surface area contributed by atoms with Crippen LogP contribution in [-0.2, 0) is 11.2 Å². The molecule has 0 spiro atoms. The van der Waals surface area contributed by atoms with Gasteiger partial charge in [-0.2, -0.15) is 0 Å². The quantitative estimate of drug-likeness (QED) is 0.565. The minimum Gasteiger partial charge on any atom is -0.378 e. The molecule has 128 valence electrons. The molecule has 1 saturated heterocycles. The zero-order chi connectivity index (χ0) is 15.9. The van der Waals surface area contributed by atoms with Crippen LogP contribution in [0.4, 0.5) is 0 Å². The van der Waals surface area contributed by atoms with Gasteiger partial charge in [0.15, 0.2) is 0 Å². The third-order valence-corrected chi connectivity index (χ3v) is 5.79. The van der Waals surface area contributed by atoms with Gasteiger partial charge in [-0.3, -0.25) is 0 Å². The normalized spacial score (nSPS) is 18.3. The summed E-state index contributed by atoms with van der Waals surface area (Å²) in [6.45, 7) is 2.41. The van der Waals surface area contributed by atoms with Crippen molar-refractivity contribution in [2.75, 3.05) is 19.8 Å². The molecule has 5 heteroatoms. The van der Waals surface area contributed by atoms with Crippen molar-refractivity contribution in [2.45, 2.75) is 12.5 Å². The summed E-state index contributed by atoms with van der Waals surface area (Å²) in [7, 11) is 0. The number of morpholine rings is 1. The summed E-state index contributed by atoms with van der Waals surface area (Å²) in [5.41, 5.74) is 7.85. The highest BCUT2D eigenvalue weighted by molar-refractivity contribution is 7.10. The smallest absolute Gasteiger partial charge is 0.113 e. The number of halogens is 1. The van der Waals surface area contributed by atoms with Crippen molar-refractivity contribution in [2.24, 2.45) is 0 Å². The van der Waals surface area contributed by atoms with Gasteiger partial charge >= 0.3 is 0 Å². The van der Waals surface area contributed by atoms with Crippen LogP contribution in [0.25, 0.3) is 22.4 Å². The molecule has 5 rings (SSSR count). The maximum Gasteiger partial charge on any atom is 0.113 e. The minimum atomic E-state index is 0. The molecule has 2 heterocycles. The van der Waals surface area contributed by atoms with E-state index in [1.807, 2.05) is 0 Å². The Morgan fingerprint density at radius 2 is 1.96 bits per heavy atom. The van der Waals surface area contributed by atoms with Gasteiger partial charge < -0.3 is 10.1 Å². The summed E-state index contributed by atoms with van der Waals surface area (Å²) in [4.78, 5) is 4.85. The van der Waals surface area contributed by atoms with E-state index < -0.39 is 0 Å². The predicted octanol–water partition coefficient (Wildman–Crippen LogP) is 4.46. The zero-order valence-electron chi connectivity index (χ0n) is 13.7. The van der Waals surface area contributed by atoms with Crippen LogP contribution in [0, 0.1) is 0 Å². The van der Waals surface area contributed by atoms with Gasteiger partial charge in [-0.15, -0.1) is 23.7 Å². The third kappa shape index (κ3) is 3.00. The van der Waals surface area contributed by atoms with Gasteiger partial charge in [0, 0.05) is 17.5 Å². The van der Waals surface area contributed by atoms with Crippen molar-refractivity contribution in [3.05, 3.63) is 64.0 Å². The van der Waals surface area contributed by atoms with E-state index in [2.05, 4.69) is 53.2 Å². The maximum absolute atomic E-state index is 5.55. The molecule has 3 nitrogen and oxygen atoms in total. The largest absolute Gasteiger partial charge is 0.378 e. The second-order valence-corrected chi connectivity index (χ2v) is 7.25. The Labute approximate surface area is 157 Å². The molecular weight excluding hydrogens is 352 g/mol. The fourth-order valence-electron chi connectivity index (χ4n) is 3.61. The number of benzene rings is 2. The topological polar surface area (TPSA) is 34.1 Å². The van der Waals surface area contributed by atoms with E-state index in [1.165, 1.54) is 27.8 Å². The van der Waals surface area contributed by atoms with Crippen LogP contribution in [0.15, 0.2) is 47.8 Å². The number of nitrogens with one attached hydrogen (secondary N) is 1. The van der Waals surface area contributed by atoms with Gasteiger partial charge in [0.2, 0.25) is 0 Å². The molecule has 0 radical (unpaired) electrons. The molecule has 2 aromatic carbocycles. The van der Waals surface area contributed by atoms with Crippen LogP contribution in [0.2, 0.25) is 0 Å². The van der Waals surface area contributed by atoms with E-state index in [0.29, 0.717) is 6.61 Å². The number of aromatic nitrogens is 1. The Morgan fingerprint density at radius 1 is 1.08 bits per heavy atom. The molecule has 1 aliphatic carbocycles. The van der Waals surface area contributed by atoms with Crippen LogP contribution in [-0.4, -0.2) is 24.7 Å². The summed E-state index contributed by atoms with van der Waals surface area (Å²) in [5, 5.41) is 6.76. The molecular formula is C20H19ClN2OS. The summed E-state index contributed by atoms with van der Waals surface area (Å²) in [6, 6.07) is 15.7. The molecule has 1 fully saturated rings. The van der Waals surface area contributed by atoms with E-state index in [1.54, 1.807) is 11.3 Å². The first kappa shape index (κ1) is 16.7. The lowest BCUT2D eigenvalue weighted by molar-refractivity contribution is 0.0768. The molecule has 1 N–H and O–H groups in total. The second-order valence-electron chi connectivity index (χ2n) is 6.36. The van der Waals surface area contributed by atoms with Crippen molar-refractivity contribution in [1.82, 2.24) is 10.3 Å². The highest BCUT2D eigenvalue weighted by Crippen LogP contribution is 2.38. The molecule has 1 aromatic heterocycles. The number of fused-ring (bicyclic) bond motifs is 3. The molecule has 25 heavy (non-hydrogen) atoms. The van der Waals surface area contributed by atoms with Crippen molar-refractivity contribution in [3.63, 3.8) is 0 Å². The standard InChI is InChI=1S/C20H18N2OS.ClH/c1-2-4-16-13(3-1)9-15-10-14(5-6-17(15)16)19-12-24-20(22-19)18-11-23-8-7-21-18;/h1-6,10,12,18,21H,7-9,11H2;1H. The monoisotopic (exact) mass is 370 g/mol. The summed E-state index contributed by atoms with van der Waals surface area (Å²) in [5.74, 6) is 0. The number of rotatable bonds is 2. The van der Waals surface area contributed by atoms with Gasteiger partial charge in [0.05, 0.1) is 24.9 Å². The first-order chi connectivity index (χ1) is 11.9. The van der Waals surface area contributed by atoms with Crippen LogP contribution in [0.3, 0.4) is 0 Å². The van der Waals surface area contributed by atoms with Crippen molar-refractivity contribution in [3.8, 4) is 22.4 Å². The van der Waals surface area contributed by atoms with Crippen LogP contribution >= 0.6 is 23.7 Å². The lowest BCUT2D eigenvalue weighted by Crippen LogP contribution is -2.34. The molecule has 0 saturated carbocycles. The molecule has 2 aliphatic rings. The number of nitrogens with zero attached hydrogens (tertiary/aromatic N) is 1. The second kappa shape index (κ2) is 6.89. The van der Waals surface area contributed by atoms with Gasteiger partial charge in [-0.05, 0) is 34.7 Å². The van der Waals surface area contributed by atoms with E-state index in [0.717, 1.165) is 30.3 Å². The number of thiazole rings is 1. The number of ether oxygens (including phenoxy) is 1. The lowest BCUT2D eigenvalue weighted by Gasteiger charge is -2.21. The Balaban J connectivity index is 0.00000157. The first-order valence-corrected chi connectivity index (χ1v) is 9.24. The van der Waals surface area contributed by atoms with Crippen molar-refractivity contribution >= 4 is 23.7 Å². The molecule has 1 unspecified atom stereocenters. The van der Waals surface area contributed by atoms with Gasteiger partial charge in [-0.25, -0.2) is 4.98 Å². The van der Waals surface area contributed by atoms with Crippen LogP contribution < -0.4 is 5.32 Å². The van der Waals surface area contributed by atoms with Crippen molar-refractivity contribution in [1.29, 1.82) is 0 Å². The number of hydrogen-bond donors (Lipinski definition) is 1. The first-order valence-electron chi connectivity index (χ1n) is 8.36. The van der Waals surface area contributed by atoms with Gasteiger partial charge in [-0.1, -0.05) is 36.4 Å². The average Bonchev–Trinajstić information content (AvgIpc) is 3.27. The summed E-state index contributed by atoms with van der Waals surface area (Å²) >= 11 is 1.72. The molecule has 1 aliphatic heterocycles. The fourth-order valence-corrected chi connectivity index (χ4v) is 4.50. The maximum atomic E-state index is 5.55. The average molecular weight is 371 g/mol. The zero-order valence-corrected chi connectivity index (χ0v) is 15.3. The van der Waals surface area contributed by atoms with Crippen LogP contribution in [0.1, 0.15) is 22.2 Å². The third-order valence-electron chi connectivity index (χ3n) is 4.83. The van der Waals surface area contributed by atoms with Crippen LogP contribution in [0.5, 0.6) is 0 Å². The lowest BCUT2D eigenvalue weighted by atomic mass is 10.0. The molecule has 0 bridgehead atoms. The van der Waals surface area contributed by atoms with Gasteiger partial charge in [0.1, 0.15) is 5.01 Å². The SMILES string of the molecule is Cl.c1ccc2c(c1)Cc1cc(-c3csc(C4COCCN4)n3)ccc1-2. The highest BCUT2D eigenvalue weighted by Gasteiger charge is 2.21. The minimum absolute atomic E-state index is 0. The Kier molecular flexibility index (Phi) is 4.61. The highest BCUT2D eigenvalue weighted by atomic mass is 35.5. The fraction of sp³-hybridized carbons (Fsp3) is 0.250. The Hall–Kier alpha value is -1.72. The van der Waals surface area contributed by atoms with E-state index in [4.69, 9.17) is 9.72 Å². The summed E-state index contributed by atoms with van der Waals surface area (Å²) < 4.78 is 5.55. The molecule has 1 atom stereocenters. The number of hydrogen-bond acceptors (Lipinski definition) is 4. The Bertz CT molecular complexity index is 902.